The van der Waals surface area contributed by atoms with Crippen LogP contribution >= 0.6 is 8.25 Å². The van der Waals surface area contributed by atoms with E-state index in [1.807, 2.05) is 36.4 Å². The van der Waals surface area contributed by atoms with E-state index in [0.29, 0.717) is 0 Å². The minimum Gasteiger partial charge on any atom is -0.292 e. The molecule has 1 radical (unpaired) electrons. The summed E-state index contributed by atoms with van der Waals surface area (Å²) < 4.78 is 15.5. The number of hydrogen-bond donors (Lipinski definition) is 1. The van der Waals surface area contributed by atoms with Crippen LogP contribution in [0.25, 0.3) is 11.1 Å². The Morgan fingerprint density at radius 2 is 1.47 bits per heavy atom. The van der Waals surface area contributed by atoms with Gasteiger partial charge in [-0.15, -0.1) is 11.5 Å². The summed E-state index contributed by atoms with van der Waals surface area (Å²) >= 11 is 0. The third-order valence-corrected chi connectivity index (χ3v) is 3.47. The maximum atomic E-state index is 10.7. The van der Waals surface area contributed by atoms with E-state index in [1.165, 1.54) is 6.61 Å². The zero-order valence-electron chi connectivity index (χ0n) is 9.82. The fraction of sp³-hybridized carbons (Fsp3) is 0.0714. The first-order chi connectivity index (χ1) is 8.77. The normalized spacial score (nSPS) is 13.4. The van der Waals surface area contributed by atoms with Gasteiger partial charge in [0.25, 0.3) is 0 Å². The average molecular weight is 450 g/mol. The Bertz CT molecular complexity index is 570. The molecule has 1 atom stereocenters. The first-order valence-electron chi connectivity index (χ1n) is 5.62. The van der Waals surface area contributed by atoms with Crippen molar-refractivity contribution >= 4 is 8.25 Å². The van der Waals surface area contributed by atoms with E-state index in [1.54, 1.807) is 0 Å². The van der Waals surface area contributed by atoms with E-state index in [4.69, 9.17) is 9.42 Å². The molecule has 99 valence electrons. The predicted octanol–water partition coefficient (Wildman–Crippen LogP) is 3.62. The van der Waals surface area contributed by atoms with Crippen molar-refractivity contribution in [3.05, 3.63) is 66.3 Å². The number of hydrogen-bond acceptors (Lipinski definition) is 2. The molecule has 0 aliphatic heterocycles. The first kappa shape index (κ1) is 14.5. The fourth-order valence-corrected chi connectivity index (χ4v) is 2.68. The molecule has 0 amide bonds. The van der Waals surface area contributed by atoms with Gasteiger partial charge >= 0.3 is 8.25 Å². The van der Waals surface area contributed by atoms with E-state index in [-0.39, 0.29) is 26.0 Å². The molecule has 0 bridgehead atoms. The van der Waals surface area contributed by atoms with Gasteiger partial charge in [-0.3, -0.25) is 4.52 Å². The van der Waals surface area contributed by atoms with Crippen molar-refractivity contribution < 1.29 is 34.1 Å². The Balaban J connectivity index is 0.00000133. The summed E-state index contributed by atoms with van der Waals surface area (Å²) in [5, 5.41) is 0. The Kier molecular flexibility index (Phi) is 4.62. The van der Waals surface area contributed by atoms with Gasteiger partial charge in [-0.2, -0.15) is 0 Å². The smallest absolute Gasteiger partial charge is 0.292 e. The van der Waals surface area contributed by atoms with Gasteiger partial charge in [-0.05, 0) is 11.1 Å². The van der Waals surface area contributed by atoms with Gasteiger partial charge < -0.3 is 0 Å². The Labute approximate surface area is 125 Å². The second-order valence-electron chi connectivity index (χ2n) is 4.13. The summed E-state index contributed by atoms with van der Waals surface area (Å²) in [4.78, 5) is 8.76. The summed E-state index contributed by atoms with van der Waals surface area (Å²) in [5.74, 6) is -0.0801. The molecule has 5 heteroatoms. The molecule has 0 spiro atoms. The van der Waals surface area contributed by atoms with Gasteiger partial charge in [0.15, 0.2) is 0 Å². The molecule has 3 nitrogen and oxygen atoms in total. The molecule has 0 saturated carbocycles. The van der Waals surface area contributed by atoms with Crippen LogP contribution in [0.3, 0.4) is 0 Å². The molecule has 1 aliphatic rings. The summed E-state index contributed by atoms with van der Waals surface area (Å²) in [6.45, 7) is 1.45. The summed E-state index contributed by atoms with van der Waals surface area (Å²) in [6, 6.07) is 16.1. The van der Waals surface area contributed by atoms with Crippen molar-refractivity contribution in [2.75, 3.05) is 0 Å². The molecule has 0 heterocycles. The number of fused-ring (bicyclic) bond motifs is 3. The Morgan fingerprint density at radius 3 is 1.95 bits per heavy atom. The molecule has 1 N–H and O–H groups in total. The van der Waals surface area contributed by atoms with E-state index >= 15 is 0 Å². The van der Waals surface area contributed by atoms with Crippen LogP contribution in [0.2, 0.25) is 0 Å². The molecular formula is C14H11IrO3P. The average Bonchev–Trinajstić information content (AvgIpc) is 2.71. The third-order valence-electron chi connectivity index (χ3n) is 3.17. The van der Waals surface area contributed by atoms with Crippen molar-refractivity contribution in [1.82, 2.24) is 0 Å². The zero-order chi connectivity index (χ0) is 12.5. The van der Waals surface area contributed by atoms with E-state index in [9.17, 15) is 4.57 Å². The number of rotatable bonds is 3. The maximum absolute atomic E-state index is 10.7. The minimum absolute atomic E-state index is 0. The molecule has 2 aromatic carbocycles. The predicted molar refractivity (Wildman–Crippen MR) is 68.9 cm³/mol. The fourth-order valence-electron chi connectivity index (χ4n) is 2.45. The quantitative estimate of drug-likeness (QED) is 0.574. The van der Waals surface area contributed by atoms with Crippen molar-refractivity contribution in [2.45, 2.75) is 5.92 Å². The van der Waals surface area contributed by atoms with Crippen molar-refractivity contribution in [3.8, 4) is 11.1 Å². The monoisotopic (exact) mass is 451 g/mol. The molecule has 0 saturated heterocycles. The van der Waals surface area contributed by atoms with Crippen LogP contribution in [0.5, 0.6) is 0 Å². The largest absolute Gasteiger partial charge is 0.661 e. The molecule has 19 heavy (non-hydrogen) atoms. The molecule has 0 fully saturated rings. The van der Waals surface area contributed by atoms with Gasteiger partial charge in [-0.1, -0.05) is 65.6 Å². The van der Waals surface area contributed by atoms with Crippen LogP contribution in [-0.2, 0) is 29.2 Å². The van der Waals surface area contributed by atoms with Crippen LogP contribution in [0.15, 0.2) is 48.5 Å². The molecular weight excluding hydrogens is 439 g/mol. The standard InChI is InChI=1S/C14H11O3P.Ir/c15-18(16)17-9-14-12-7-3-1-5-10(12)11-6-2-4-8-13(11)14;/h1-9,14H,(H,15,16);. The Morgan fingerprint density at radius 1 is 1.00 bits per heavy atom. The SMILES string of the molecule is O=[P+](O)O[CH-]C1c2ccccc2-c2ccccc21.[Ir]. The molecule has 1 aliphatic carbocycles. The second-order valence-corrected chi connectivity index (χ2v) is 4.82. The third kappa shape index (κ3) is 2.69. The van der Waals surface area contributed by atoms with E-state index in [2.05, 4.69) is 12.1 Å². The van der Waals surface area contributed by atoms with Gasteiger partial charge in [-0.25, -0.2) is 0 Å². The molecule has 2 aromatic rings. The molecule has 0 aromatic heterocycles. The maximum Gasteiger partial charge on any atom is 0.661 e. The van der Waals surface area contributed by atoms with Crippen LogP contribution < -0.4 is 0 Å². The first-order valence-corrected chi connectivity index (χ1v) is 6.75. The number of benzene rings is 2. The van der Waals surface area contributed by atoms with Crippen molar-refractivity contribution in [2.24, 2.45) is 0 Å². The van der Waals surface area contributed by atoms with Crippen LogP contribution in [0.1, 0.15) is 17.0 Å². The zero-order valence-corrected chi connectivity index (χ0v) is 13.1. The Hall–Kier alpha value is -0.891. The molecule has 3 rings (SSSR count). The molecule has 1 unspecified atom stereocenters. The van der Waals surface area contributed by atoms with Gasteiger partial charge in [0.2, 0.25) is 0 Å². The van der Waals surface area contributed by atoms with Gasteiger partial charge in [0, 0.05) is 24.7 Å². The van der Waals surface area contributed by atoms with Crippen LogP contribution in [-0.4, -0.2) is 4.89 Å². The van der Waals surface area contributed by atoms with Crippen molar-refractivity contribution in [3.63, 3.8) is 0 Å². The summed E-state index contributed by atoms with van der Waals surface area (Å²) in [7, 11) is -2.60. The van der Waals surface area contributed by atoms with Gasteiger partial charge in [0.05, 0.1) is 0 Å². The topological polar surface area (TPSA) is 46.5 Å². The van der Waals surface area contributed by atoms with Crippen LogP contribution in [0, 0.1) is 6.61 Å². The van der Waals surface area contributed by atoms with Crippen LogP contribution in [0.4, 0.5) is 0 Å². The summed E-state index contributed by atoms with van der Waals surface area (Å²) in [5.41, 5.74) is 4.53. The van der Waals surface area contributed by atoms with Crippen molar-refractivity contribution in [1.29, 1.82) is 0 Å². The van der Waals surface area contributed by atoms with E-state index < -0.39 is 8.25 Å². The minimum atomic E-state index is -2.60. The van der Waals surface area contributed by atoms with Gasteiger partial charge in [0.1, 0.15) is 0 Å². The second kappa shape index (κ2) is 6.04. The van der Waals surface area contributed by atoms with E-state index in [0.717, 1.165) is 22.3 Å². The summed E-state index contributed by atoms with van der Waals surface area (Å²) in [6.07, 6.45) is 0.